The molecule has 2 N–H and O–H groups in total. The van der Waals surface area contributed by atoms with E-state index in [1.165, 1.54) is 0 Å². The summed E-state index contributed by atoms with van der Waals surface area (Å²) in [5, 5.41) is 0. The summed E-state index contributed by atoms with van der Waals surface area (Å²) in [6, 6.07) is 1.79. The maximum absolute atomic E-state index is 5.70. The summed E-state index contributed by atoms with van der Waals surface area (Å²) >= 11 is 3.30. The summed E-state index contributed by atoms with van der Waals surface area (Å²) in [6.45, 7) is 1.87. The van der Waals surface area contributed by atoms with Crippen LogP contribution in [0.1, 0.15) is 5.69 Å². The van der Waals surface area contributed by atoms with Gasteiger partial charge in [0.05, 0.1) is 22.0 Å². The fourth-order valence-electron chi connectivity index (χ4n) is 1.10. The first kappa shape index (κ1) is 9.21. The first-order valence-corrected chi connectivity index (χ1v) is 4.80. The number of nitrogens with two attached hydrogens (primary N) is 1. The van der Waals surface area contributed by atoms with Gasteiger partial charge in [-0.3, -0.25) is 0 Å². The Labute approximate surface area is 89.3 Å². The fraction of sp³-hybridized carbons (Fsp3) is 0.111. The zero-order valence-corrected chi connectivity index (χ0v) is 9.08. The topological polar surface area (TPSA) is 64.9 Å². The van der Waals surface area contributed by atoms with Crippen LogP contribution in [0.4, 0.5) is 5.82 Å². The Morgan fingerprint density at radius 3 is 2.79 bits per heavy atom. The maximum Gasteiger partial charge on any atom is 0.165 e. The van der Waals surface area contributed by atoms with E-state index in [0.29, 0.717) is 11.6 Å². The van der Waals surface area contributed by atoms with E-state index in [9.17, 15) is 0 Å². The highest BCUT2D eigenvalue weighted by Gasteiger charge is 2.08. The van der Waals surface area contributed by atoms with Crippen molar-refractivity contribution in [2.24, 2.45) is 0 Å². The van der Waals surface area contributed by atoms with Crippen molar-refractivity contribution in [1.82, 2.24) is 9.97 Å². The molecule has 2 aromatic heterocycles. The Morgan fingerprint density at radius 1 is 1.43 bits per heavy atom. The summed E-state index contributed by atoms with van der Waals surface area (Å²) in [7, 11) is 0. The van der Waals surface area contributed by atoms with E-state index in [0.717, 1.165) is 15.7 Å². The summed E-state index contributed by atoms with van der Waals surface area (Å²) in [5.74, 6) is 1.02. The van der Waals surface area contributed by atoms with Gasteiger partial charge in [-0.2, -0.15) is 0 Å². The minimum absolute atomic E-state index is 0.439. The Morgan fingerprint density at radius 2 is 2.21 bits per heavy atom. The highest BCUT2D eigenvalue weighted by atomic mass is 79.9. The van der Waals surface area contributed by atoms with Crippen LogP contribution in [0.15, 0.2) is 27.5 Å². The summed E-state index contributed by atoms with van der Waals surface area (Å²) < 4.78 is 5.69. The smallest absolute Gasteiger partial charge is 0.165 e. The highest BCUT2D eigenvalue weighted by Crippen LogP contribution is 2.24. The number of halogens is 1. The van der Waals surface area contributed by atoms with E-state index >= 15 is 0 Å². The molecule has 0 aromatic carbocycles. The summed E-state index contributed by atoms with van der Waals surface area (Å²) in [6.07, 6.45) is 3.16. The lowest BCUT2D eigenvalue weighted by atomic mass is 10.3. The summed E-state index contributed by atoms with van der Waals surface area (Å²) in [4.78, 5) is 8.41. The molecule has 0 amide bonds. The third kappa shape index (κ3) is 1.50. The Balaban J connectivity index is 2.57. The SMILES string of the molecule is Cc1nc(-c2ccoc2)nc(N)c1Br. The standard InChI is InChI=1S/C9H8BrN3O/c1-5-7(10)8(11)13-9(12-5)6-2-3-14-4-6/h2-4H,1H3,(H2,11,12,13). The molecule has 72 valence electrons. The molecule has 0 saturated carbocycles. The predicted molar refractivity (Wildman–Crippen MR) is 56.6 cm³/mol. The molecule has 0 spiro atoms. The van der Waals surface area contributed by atoms with Crippen molar-refractivity contribution in [3.05, 3.63) is 28.8 Å². The van der Waals surface area contributed by atoms with Crippen LogP contribution >= 0.6 is 15.9 Å². The number of nitrogen functional groups attached to an aromatic ring is 1. The molecule has 2 aromatic rings. The van der Waals surface area contributed by atoms with Crippen molar-refractivity contribution in [2.75, 3.05) is 5.73 Å². The van der Waals surface area contributed by atoms with Gasteiger partial charge in [-0.1, -0.05) is 0 Å². The average molecular weight is 254 g/mol. The number of anilines is 1. The summed E-state index contributed by atoms with van der Waals surface area (Å²) in [5.41, 5.74) is 7.34. The first-order valence-electron chi connectivity index (χ1n) is 4.00. The first-order chi connectivity index (χ1) is 6.68. The normalized spacial score (nSPS) is 10.4. The second-order valence-corrected chi connectivity index (χ2v) is 3.64. The van der Waals surface area contributed by atoms with Crippen molar-refractivity contribution in [3.63, 3.8) is 0 Å². The lowest BCUT2D eigenvalue weighted by molar-refractivity contribution is 0.568. The molecule has 0 fully saturated rings. The molecule has 2 heterocycles. The Hall–Kier alpha value is -1.36. The molecule has 0 aliphatic heterocycles. The van der Waals surface area contributed by atoms with Gasteiger partial charge >= 0.3 is 0 Å². The van der Waals surface area contributed by atoms with Crippen LogP contribution in [-0.4, -0.2) is 9.97 Å². The average Bonchev–Trinajstić information content (AvgIpc) is 2.66. The van der Waals surface area contributed by atoms with E-state index < -0.39 is 0 Å². The largest absolute Gasteiger partial charge is 0.472 e. The number of rotatable bonds is 1. The zero-order valence-electron chi connectivity index (χ0n) is 7.49. The molecule has 0 aliphatic carbocycles. The molecular formula is C9H8BrN3O. The molecular weight excluding hydrogens is 246 g/mol. The number of hydrogen-bond acceptors (Lipinski definition) is 4. The maximum atomic E-state index is 5.70. The highest BCUT2D eigenvalue weighted by molar-refractivity contribution is 9.10. The second-order valence-electron chi connectivity index (χ2n) is 2.84. The van der Waals surface area contributed by atoms with E-state index in [-0.39, 0.29) is 0 Å². The van der Waals surface area contributed by atoms with Gasteiger partial charge in [0.1, 0.15) is 12.1 Å². The molecule has 2 rings (SSSR count). The minimum atomic E-state index is 0.439. The van der Waals surface area contributed by atoms with Crippen molar-refractivity contribution < 1.29 is 4.42 Å². The van der Waals surface area contributed by atoms with Crippen LogP contribution in [-0.2, 0) is 0 Å². The van der Waals surface area contributed by atoms with Crippen LogP contribution in [0.25, 0.3) is 11.4 Å². The third-order valence-electron chi connectivity index (χ3n) is 1.82. The van der Waals surface area contributed by atoms with Crippen LogP contribution in [0.2, 0.25) is 0 Å². The molecule has 4 nitrogen and oxygen atoms in total. The molecule has 0 atom stereocenters. The third-order valence-corrected chi connectivity index (χ3v) is 2.80. The van der Waals surface area contributed by atoms with E-state index in [4.69, 9.17) is 10.2 Å². The van der Waals surface area contributed by atoms with Crippen LogP contribution < -0.4 is 5.73 Å². The van der Waals surface area contributed by atoms with Crippen LogP contribution in [0, 0.1) is 6.92 Å². The van der Waals surface area contributed by atoms with Gasteiger partial charge in [-0.05, 0) is 28.9 Å². The van der Waals surface area contributed by atoms with Gasteiger partial charge in [0.25, 0.3) is 0 Å². The van der Waals surface area contributed by atoms with Gasteiger partial charge in [0, 0.05) is 0 Å². The van der Waals surface area contributed by atoms with Gasteiger partial charge < -0.3 is 10.2 Å². The minimum Gasteiger partial charge on any atom is -0.472 e. The van der Waals surface area contributed by atoms with Gasteiger partial charge in [0.2, 0.25) is 0 Å². The molecule has 0 bridgehead atoms. The quantitative estimate of drug-likeness (QED) is 0.848. The van der Waals surface area contributed by atoms with Gasteiger partial charge in [-0.25, -0.2) is 9.97 Å². The van der Waals surface area contributed by atoms with E-state index in [2.05, 4.69) is 25.9 Å². The number of aromatic nitrogens is 2. The predicted octanol–water partition coefficient (Wildman–Crippen LogP) is 2.39. The van der Waals surface area contributed by atoms with Crippen LogP contribution in [0.3, 0.4) is 0 Å². The number of hydrogen-bond donors (Lipinski definition) is 1. The molecule has 14 heavy (non-hydrogen) atoms. The van der Waals surface area contributed by atoms with Crippen molar-refractivity contribution in [2.45, 2.75) is 6.92 Å². The van der Waals surface area contributed by atoms with Crippen molar-refractivity contribution in [1.29, 1.82) is 0 Å². The molecule has 0 saturated heterocycles. The Kier molecular flexibility index (Phi) is 2.25. The lowest BCUT2D eigenvalue weighted by Gasteiger charge is -2.03. The molecule has 0 unspecified atom stereocenters. The van der Waals surface area contributed by atoms with Crippen molar-refractivity contribution >= 4 is 21.7 Å². The van der Waals surface area contributed by atoms with E-state index in [1.807, 2.05) is 6.92 Å². The van der Waals surface area contributed by atoms with Crippen LogP contribution in [0.5, 0.6) is 0 Å². The lowest BCUT2D eigenvalue weighted by Crippen LogP contribution is -1.99. The van der Waals surface area contributed by atoms with Gasteiger partial charge in [0.15, 0.2) is 5.82 Å². The zero-order chi connectivity index (χ0) is 10.1. The van der Waals surface area contributed by atoms with E-state index in [1.54, 1.807) is 18.6 Å². The number of nitrogens with zero attached hydrogens (tertiary/aromatic N) is 2. The Bertz CT molecular complexity index is 430. The fourth-order valence-corrected chi connectivity index (χ4v) is 1.28. The second kappa shape index (κ2) is 3.42. The van der Waals surface area contributed by atoms with Crippen molar-refractivity contribution in [3.8, 4) is 11.4 Å². The number of furan rings is 1. The molecule has 0 aliphatic rings. The van der Waals surface area contributed by atoms with Gasteiger partial charge in [-0.15, -0.1) is 0 Å². The monoisotopic (exact) mass is 253 g/mol. The molecule has 5 heteroatoms. The molecule has 0 radical (unpaired) electrons. The number of aryl methyl sites for hydroxylation is 1.